The van der Waals surface area contributed by atoms with Gasteiger partial charge in [0.05, 0.1) is 18.5 Å². The fourth-order valence-corrected chi connectivity index (χ4v) is 5.10. The Balaban J connectivity index is 1.14. The Hall–Kier alpha value is -3.39. The molecule has 0 spiro atoms. The molecule has 0 unspecified atom stereocenters. The van der Waals surface area contributed by atoms with E-state index in [4.69, 9.17) is 9.84 Å². The Labute approximate surface area is 198 Å². The third-order valence-electron chi connectivity index (χ3n) is 7.14. The number of ether oxygens (including phenoxy) is 1. The highest BCUT2D eigenvalue weighted by Crippen LogP contribution is 2.44. The first-order valence-corrected chi connectivity index (χ1v) is 11.8. The first kappa shape index (κ1) is 22.4. The monoisotopic (exact) mass is 463 g/mol. The van der Waals surface area contributed by atoms with Gasteiger partial charge in [0, 0.05) is 32.1 Å². The summed E-state index contributed by atoms with van der Waals surface area (Å²) < 4.78 is 5.66. The van der Waals surface area contributed by atoms with E-state index in [1.807, 2.05) is 29.2 Å². The summed E-state index contributed by atoms with van der Waals surface area (Å²) in [4.78, 5) is 39.9. The fraction of sp³-hybridized carbons (Fsp3) is 0.423. The maximum atomic E-state index is 12.8. The molecule has 2 N–H and O–H groups in total. The van der Waals surface area contributed by atoms with Crippen molar-refractivity contribution in [2.75, 3.05) is 39.3 Å². The summed E-state index contributed by atoms with van der Waals surface area (Å²) in [7, 11) is 0. The largest absolute Gasteiger partial charge is 0.480 e. The van der Waals surface area contributed by atoms with Crippen molar-refractivity contribution < 1.29 is 24.2 Å². The molecular formula is C26H29N3O5. The number of carboxylic acids is 1. The Morgan fingerprint density at radius 3 is 2.09 bits per heavy atom. The Morgan fingerprint density at radius 1 is 0.941 bits per heavy atom. The summed E-state index contributed by atoms with van der Waals surface area (Å²) >= 11 is 0. The molecule has 2 aromatic carbocycles. The maximum Gasteiger partial charge on any atom is 0.407 e. The van der Waals surface area contributed by atoms with Crippen molar-refractivity contribution in [2.24, 2.45) is 0 Å². The lowest BCUT2D eigenvalue weighted by molar-refractivity contribution is -0.139. The van der Waals surface area contributed by atoms with E-state index in [9.17, 15) is 14.4 Å². The lowest BCUT2D eigenvalue weighted by atomic mass is 9.98. The number of benzene rings is 2. The molecule has 2 amide bonds. The van der Waals surface area contributed by atoms with Crippen molar-refractivity contribution in [3.63, 3.8) is 0 Å². The summed E-state index contributed by atoms with van der Waals surface area (Å²) in [6.45, 7) is 2.35. The van der Waals surface area contributed by atoms with Crippen LogP contribution in [-0.2, 0) is 14.3 Å². The molecule has 8 heteroatoms. The topological polar surface area (TPSA) is 99.2 Å². The molecule has 8 nitrogen and oxygen atoms in total. The number of carbonyl (C=O) groups is 3. The molecule has 0 radical (unpaired) electrons. The molecule has 1 saturated carbocycles. The number of carbonyl (C=O) groups excluding carboxylic acids is 2. The highest BCUT2D eigenvalue weighted by atomic mass is 16.5. The van der Waals surface area contributed by atoms with E-state index in [0.717, 1.165) is 24.0 Å². The van der Waals surface area contributed by atoms with Crippen molar-refractivity contribution in [3.05, 3.63) is 59.7 Å². The van der Waals surface area contributed by atoms with Crippen LogP contribution in [0.25, 0.3) is 11.1 Å². The number of hydrogen-bond donors (Lipinski definition) is 2. The second-order valence-corrected chi connectivity index (χ2v) is 9.46. The number of nitrogens with zero attached hydrogens (tertiary/aromatic N) is 2. The van der Waals surface area contributed by atoms with Gasteiger partial charge in [0.2, 0.25) is 5.91 Å². The van der Waals surface area contributed by atoms with Crippen LogP contribution in [-0.4, -0.2) is 77.7 Å². The molecule has 2 fully saturated rings. The minimum atomic E-state index is -0.857. The SMILES string of the molecule is O=C(O)CN1CCN(C(=O)CC2(NC(=O)OCC3c4ccccc4-c4ccccc43)CC2)CC1. The summed E-state index contributed by atoms with van der Waals surface area (Å²) in [6.07, 6.45) is 1.26. The molecule has 1 saturated heterocycles. The van der Waals surface area contributed by atoms with Gasteiger partial charge < -0.3 is 20.1 Å². The second kappa shape index (κ2) is 9.10. The lowest BCUT2D eigenvalue weighted by Crippen LogP contribution is -2.51. The smallest absolute Gasteiger partial charge is 0.407 e. The van der Waals surface area contributed by atoms with Gasteiger partial charge in [-0.3, -0.25) is 14.5 Å². The minimum Gasteiger partial charge on any atom is -0.480 e. The zero-order chi connectivity index (χ0) is 23.7. The van der Waals surface area contributed by atoms with E-state index in [1.54, 1.807) is 4.90 Å². The summed E-state index contributed by atoms with van der Waals surface area (Å²) in [6, 6.07) is 16.4. The quantitative estimate of drug-likeness (QED) is 0.655. The molecule has 0 atom stereocenters. The Morgan fingerprint density at radius 2 is 1.53 bits per heavy atom. The van der Waals surface area contributed by atoms with Gasteiger partial charge in [-0.2, -0.15) is 0 Å². The van der Waals surface area contributed by atoms with E-state index < -0.39 is 17.6 Å². The summed E-state index contributed by atoms with van der Waals surface area (Å²) in [5, 5.41) is 11.9. The van der Waals surface area contributed by atoms with Crippen LogP contribution in [0.2, 0.25) is 0 Å². The zero-order valence-electron chi connectivity index (χ0n) is 19.0. The van der Waals surface area contributed by atoms with Crippen LogP contribution in [0.1, 0.15) is 36.3 Å². The van der Waals surface area contributed by atoms with Crippen molar-refractivity contribution >= 4 is 18.0 Å². The average molecular weight is 464 g/mol. The van der Waals surface area contributed by atoms with Crippen LogP contribution in [0.4, 0.5) is 4.79 Å². The molecular weight excluding hydrogens is 434 g/mol. The van der Waals surface area contributed by atoms with Crippen molar-refractivity contribution in [1.29, 1.82) is 0 Å². The van der Waals surface area contributed by atoms with Gasteiger partial charge in [-0.05, 0) is 35.1 Å². The van der Waals surface area contributed by atoms with Gasteiger partial charge in [-0.15, -0.1) is 0 Å². The summed E-state index contributed by atoms with van der Waals surface area (Å²) in [5.74, 6) is -0.868. The number of aliphatic carboxylic acids is 1. The molecule has 0 bridgehead atoms. The predicted octanol–water partition coefficient (Wildman–Crippen LogP) is 2.68. The highest BCUT2D eigenvalue weighted by molar-refractivity contribution is 5.81. The van der Waals surface area contributed by atoms with Crippen LogP contribution in [0.5, 0.6) is 0 Å². The van der Waals surface area contributed by atoms with E-state index in [1.165, 1.54) is 11.1 Å². The minimum absolute atomic E-state index is 0.00275. The van der Waals surface area contributed by atoms with Crippen LogP contribution in [0.3, 0.4) is 0 Å². The van der Waals surface area contributed by atoms with Crippen LogP contribution < -0.4 is 5.32 Å². The first-order valence-electron chi connectivity index (χ1n) is 11.8. The number of hydrogen-bond acceptors (Lipinski definition) is 5. The third kappa shape index (κ3) is 4.63. The Kier molecular flexibility index (Phi) is 6.00. The van der Waals surface area contributed by atoms with E-state index in [2.05, 4.69) is 29.6 Å². The normalized spacial score (nSPS) is 18.6. The van der Waals surface area contributed by atoms with Crippen molar-refractivity contribution in [2.45, 2.75) is 30.7 Å². The standard InChI is InChI=1S/C26H29N3O5/c30-23(29-13-11-28(12-14-29)16-24(31)32)15-26(9-10-26)27-25(33)34-17-22-20-7-3-1-5-18(20)19-6-2-4-8-21(19)22/h1-8,22H,9-17H2,(H,27,33)(H,31,32). The first-order chi connectivity index (χ1) is 16.4. The van der Waals surface area contributed by atoms with E-state index >= 15 is 0 Å². The zero-order valence-corrected chi connectivity index (χ0v) is 19.0. The molecule has 2 aliphatic carbocycles. The highest BCUT2D eigenvalue weighted by Gasteiger charge is 2.47. The number of fused-ring (bicyclic) bond motifs is 3. The van der Waals surface area contributed by atoms with Gasteiger partial charge in [-0.1, -0.05) is 48.5 Å². The summed E-state index contributed by atoms with van der Waals surface area (Å²) in [5.41, 5.74) is 4.15. The van der Waals surface area contributed by atoms with Crippen molar-refractivity contribution in [3.8, 4) is 11.1 Å². The fourth-order valence-electron chi connectivity index (χ4n) is 5.10. The number of alkyl carbamates (subject to hydrolysis) is 1. The van der Waals surface area contributed by atoms with Crippen LogP contribution in [0, 0.1) is 0 Å². The lowest BCUT2D eigenvalue weighted by Gasteiger charge is -2.34. The second-order valence-electron chi connectivity index (χ2n) is 9.46. The number of rotatable bonds is 7. The molecule has 1 heterocycles. The van der Waals surface area contributed by atoms with Gasteiger partial charge in [0.1, 0.15) is 6.61 Å². The molecule has 178 valence electrons. The van der Waals surface area contributed by atoms with Crippen LogP contribution >= 0.6 is 0 Å². The van der Waals surface area contributed by atoms with Crippen molar-refractivity contribution in [1.82, 2.24) is 15.1 Å². The van der Waals surface area contributed by atoms with E-state index in [-0.39, 0.29) is 31.4 Å². The average Bonchev–Trinajstić information content (AvgIpc) is 3.50. The molecule has 34 heavy (non-hydrogen) atoms. The molecule has 1 aliphatic heterocycles. The van der Waals surface area contributed by atoms with Gasteiger partial charge in [0.15, 0.2) is 0 Å². The number of carboxylic acid groups (broad SMARTS) is 1. The molecule has 5 rings (SSSR count). The maximum absolute atomic E-state index is 12.8. The van der Waals surface area contributed by atoms with Gasteiger partial charge in [0.25, 0.3) is 0 Å². The molecule has 3 aliphatic rings. The Bertz CT molecular complexity index is 1060. The molecule has 2 aromatic rings. The third-order valence-corrected chi connectivity index (χ3v) is 7.14. The van der Waals surface area contributed by atoms with E-state index in [0.29, 0.717) is 26.2 Å². The number of amides is 2. The van der Waals surface area contributed by atoms with Gasteiger partial charge >= 0.3 is 12.1 Å². The molecule has 0 aromatic heterocycles. The number of nitrogens with one attached hydrogen (secondary N) is 1. The number of piperazine rings is 1. The van der Waals surface area contributed by atoms with Crippen LogP contribution in [0.15, 0.2) is 48.5 Å². The van der Waals surface area contributed by atoms with Gasteiger partial charge in [-0.25, -0.2) is 4.79 Å². The predicted molar refractivity (Wildman–Crippen MR) is 125 cm³/mol.